The molecule has 2 rings (SSSR count). The second-order valence-electron chi connectivity index (χ2n) is 5.84. The van der Waals surface area contributed by atoms with Crippen LogP contribution in [0.5, 0.6) is 0 Å². The van der Waals surface area contributed by atoms with Gasteiger partial charge in [-0.25, -0.2) is 0 Å². The van der Waals surface area contributed by atoms with Gasteiger partial charge in [-0.2, -0.15) is 5.10 Å². The number of nitrogens with two attached hydrogens (primary N) is 1. The van der Waals surface area contributed by atoms with Gasteiger partial charge in [-0.15, -0.1) is 0 Å². The molecule has 102 valence electrons. The molecule has 1 saturated carbocycles. The Bertz CT molecular complexity index is 350. The first-order valence-electron chi connectivity index (χ1n) is 7.43. The van der Waals surface area contributed by atoms with Crippen molar-refractivity contribution in [3.63, 3.8) is 0 Å². The molecule has 0 amide bonds. The van der Waals surface area contributed by atoms with Crippen molar-refractivity contribution in [1.29, 1.82) is 0 Å². The number of aryl methyl sites for hydroxylation is 2. The first-order valence-corrected chi connectivity index (χ1v) is 7.43. The van der Waals surface area contributed by atoms with Crippen LogP contribution in [0.3, 0.4) is 0 Å². The molecule has 1 fully saturated rings. The van der Waals surface area contributed by atoms with Gasteiger partial charge in [-0.3, -0.25) is 4.68 Å². The van der Waals surface area contributed by atoms with Gasteiger partial charge in [-0.1, -0.05) is 26.2 Å². The van der Waals surface area contributed by atoms with Gasteiger partial charge in [0.25, 0.3) is 0 Å². The highest BCUT2D eigenvalue weighted by atomic mass is 15.2. The molecule has 1 aromatic heterocycles. The van der Waals surface area contributed by atoms with Crippen LogP contribution in [0.2, 0.25) is 0 Å². The van der Waals surface area contributed by atoms with Crippen LogP contribution in [0.1, 0.15) is 51.1 Å². The molecule has 0 radical (unpaired) electrons. The van der Waals surface area contributed by atoms with Crippen LogP contribution in [-0.2, 0) is 13.5 Å². The van der Waals surface area contributed by atoms with Crippen molar-refractivity contribution >= 4 is 0 Å². The second-order valence-corrected chi connectivity index (χ2v) is 5.84. The molecule has 1 unspecified atom stereocenters. The standard InChI is InChI=1S/C15H27N3/c1-3-12-4-6-13(7-5-12)15(16)9-8-14-10-11-17-18(14)2/h10-13,15H,3-9,16H2,1-2H3. The lowest BCUT2D eigenvalue weighted by Crippen LogP contribution is -2.33. The smallest absolute Gasteiger partial charge is 0.0492 e. The van der Waals surface area contributed by atoms with Gasteiger partial charge in [-0.05, 0) is 43.6 Å². The molecule has 3 nitrogen and oxygen atoms in total. The highest BCUT2D eigenvalue weighted by Crippen LogP contribution is 2.32. The first-order chi connectivity index (χ1) is 8.70. The van der Waals surface area contributed by atoms with E-state index in [-0.39, 0.29) is 0 Å². The van der Waals surface area contributed by atoms with E-state index in [0.29, 0.717) is 6.04 Å². The number of aromatic nitrogens is 2. The summed E-state index contributed by atoms with van der Waals surface area (Å²) in [7, 11) is 2.01. The van der Waals surface area contributed by atoms with Crippen LogP contribution in [0, 0.1) is 11.8 Å². The van der Waals surface area contributed by atoms with Gasteiger partial charge in [0.1, 0.15) is 0 Å². The fraction of sp³-hybridized carbons (Fsp3) is 0.800. The van der Waals surface area contributed by atoms with Crippen molar-refractivity contribution in [3.8, 4) is 0 Å². The molecule has 0 saturated heterocycles. The zero-order valence-electron chi connectivity index (χ0n) is 11.8. The van der Waals surface area contributed by atoms with E-state index in [0.717, 1.165) is 24.7 Å². The number of nitrogens with zero attached hydrogens (tertiary/aromatic N) is 2. The molecular weight excluding hydrogens is 222 g/mol. The van der Waals surface area contributed by atoms with Crippen LogP contribution in [0.4, 0.5) is 0 Å². The normalized spacial score (nSPS) is 26.2. The van der Waals surface area contributed by atoms with Crippen molar-refractivity contribution in [2.24, 2.45) is 24.6 Å². The summed E-state index contributed by atoms with van der Waals surface area (Å²) in [5.74, 6) is 1.71. The Kier molecular flexibility index (Phi) is 4.81. The van der Waals surface area contributed by atoms with Gasteiger partial charge in [0.15, 0.2) is 0 Å². The van der Waals surface area contributed by atoms with E-state index in [4.69, 9.17) is 5.73 Å². The quantitative estimate of drug-likeness (QED) is 0.872. The van der Waals surface area contributed by atoms with Crippen LogP contribution >= 0.6 is 0 Å². The molecule has 3 heteroatoms. The van der Waals surface area contributed by atoms with Gasteiger partial charge < -0.3 is 5.73 Å². The highest BCUT2D eigenvalue weighted by molar-refractivity contribution is 5.00. The summed E-state index contributed by atoms with van der Waals surface area (Å²) in [6, 6.07) is 2.47. The van der Waals surface area contributed by atoms with E-state index in [1.54, 1.807) is 0 Å². The fourth-order valence-corrected chi connectivity index (χ4v) is 3.22. The predicted octanol–water partition coefficient (Wildman–Crippen LogP) is 2.90. The zero-order valence-corrected chi connectivity index (χ0v) is 11.8. The number of rotatable bonds is 5. The number of hydrogen-bond donors (Lipinski definition) is 1. The van der Waals surface area contributed by atoms with Gasteiger partial charge in [0.2, 0.25) is 0 Å². The molecule has 0 bridgehead atoms. The van der Waals surface area contributed by atoms with E-state index in [2.05, 4.69) is 18.1 Å². The van der Waals surface area contributed by atoms with Crippen molar-refractivity contribution in [1.82, 2.24) is 9.78 Å². The Morgan fingerprint density at radius 1 is 1.39 bits per heavy atom. The van der Waals surface area contributed by atoms with Crippen molar-refractivity contribution < 1.29 is 0 Å². The third kappa shape index (κ3) is 3.35. The van der Waals surface area contributed by atoms with E-state index in [9.17, 15) is 0 Å². The SMILES string of the molecule is CCC1CCC(C(N)CCc2ccnn2C)CC1. The third-order valence-electron chi connectivity index (χ3n) is 4.73. The highest BCUT2D eigenvalue weighted by Gasteiger charge is 2.24. The summed E-state index contributed by atoms with van der Waals surface area (Å²) in [4.78, 5) is 0. The van der Waals surface area contributed by atoms with E-state index < -0.39 is 0 Å². The third-order valence-corrected chi connectivity index (χ3v) is 4.73. The summed E-state index contributed by atoms with van der Waals surface area (Å²) in [5.41, 5.74) is 7.67. The molecule has 0 spiro atoms. The lowest BCUT2D eigenvalue weighted by Gasteiger charge is -2.31. The maximum absolute atomic E-state index is 6.37. The van der Waals surface area contributed by atoms with Gasteiger partial charge >= 0.3 is 0 Å². The molecule has 2 N–H and O–H groups in total. The molecule has 1 aliphatic carbocycles. The molecule has 1 heterocycles. The van der Waals surface area contributed by atoms with Crippen molar-refractivity contribution in [2.75, 3.05) is 0 Å². The topological polar surface area (TPSA) is 43.8 Å². The molecule has 0 aliphatic heterocycles. The molecule has 1 aliphatic rings. The maximum Gasteiger partial charge on any atom is 0.0492 e. The minimum atomic E-state index is 0.373. The van der Waals surface area contributed by atoms with Gasteiger partial charge in [0, 0.05) is 25.0 Å². The van der Waals surface area contributed by atoms with Crippen molar-refractivity contribution in [2.45, 2.75) is 57.9 Å². The van der Waals surface area contributed by atoms with Crippen molar-refractivity contribution in [3.05, 3.63) is 18.0 Å². The average Bonchev–Trinajstić information content (AvgIpc) is 2.81. The van der Waals surface area contributed by atoms with Crippen LogP contribution < -0.4 is 5.73 Å². The van der Waals surface area contributed by atoms with Gasteiger partial charge in [0.05, 0.1) is 0 Å². The summed E-state index contributed by atoms with van der Waals surface area (Å²) >= 11 is 0. The summed E-state index contributed by atoms with van der Waals surface area (Å²) in [5, 5.41) is 4.20. The Labute approximate surface area is 111 Å². The summed E-state index contributed by atoms with van der Waals surface area (Å²) in [6.45, 7) is 2.31. The lowest BCUT2D eigenvalue weighted by molar-refractivity contribution is 0.233. The number of hydrogen-bond acceptors (Lipinski definition) is 2. The molecule has 1 aromatic rings. The minimum absolute atomic E-state index is 0.373. The monoisotopic (exact) mass is 249 g/mol. The van der Waals surface area contributed by atoms with E-state index >= 15 is 0 Å². The van der Waals surface area contributed by atoms with Crippen LogP contribution in [-0.4, -0.2) is 15.8 Å². The molecule has 0 aromatic carbocycles. The first kappa shape index (κ1) is 13.6. The Morgan fingerprint density at radius 3 is 2.67 bits per heavy atom. The average molecular weight is 249 g/mol. The fourth-order valence-electron chi connectivity index (χ4n) is 3.22. The molecular formula is C15H27N3. The molecule has 18 heavy (non-hydrogen) atoms. The Balaban J connectivity index is 1.75. The predicted molar refractivity (Wildman–Crippen MR) is 75.2 cm³/mol. The molecule has 1 atom stereocenters. The largest absolute Gasteiger partial charge is 0.327 e. The summed E-state index contributed by atoms with van der Waals surface area (Å²) in [6.07, 6.45) is 10.8. The maximum atomic E-state index is 6.37. The van der Waals surface area contributed by atoms with Crippen LogP contribution in [0.15, 0.2) is 12.3 Å². The Morgan fingerprint density at radius 2 is 2.11 bits per heavy atom. The second kappa shape index (κ2) is 6.37. The lowest BCUT2D eigenvalue weighted by atomic mass is 9.77. The van der Waals surface area contributed by atoms with E-state index in [1.165, 1.54) is 37.8 Å². The van der Waals surface area contributed by atoms with Crippen LogP contribution in [0.25, 0.3) is 0 Å². The summed E-state index contributed by atoms with van der Waals surface area (Å²) < 4.78 is 1.96. The zero-order chi connectivity index (χ0) is 13.0. The van der Waals surface area contributed by atoms with E-state index in [1.807, 2.05) is 17.9 Å². The Hall–Kier alpha value is -0.830. The minimum Gasteiger partial charge on any atom is -0.327 e.